The first-order valence-electron chi connectivity index (χ1n) is 7.30. The van der Waals surface area contributed by atoms with Gasteiger partial charge in [-0.05, 0) is 36.7 Å². The fraction of sp³-hybridized carbons (Fsp3) is 0.312. The normalized spacial score (nSPS) is 10.4. The van der Waals surface area contributed by atoms with Crippen molar-refractivity contribution in [2.24, 2.45) is 5.92 Å². The number of hydrogen-bond acceptors (Lipinski definition) is 5. The maximum atomic E-state index is 12.4. The Morgan fingerprint density at radius 3 is 2.87 bits per heavy atom. The number of thiocarbonyl (C=S) groups is 1. The van der Waals surface area contributed by atoms with Gasteiger partial charge >= 0.3 is 0 Å². The number of thiazole rings is 1. The number of carbonyl (C=O) groups excluding carboxylic acids is 1. The van der Waals surface area contributed by atoms with E-state index in [1.54, 1.807) is 24.4 Å². The number of benzene rings is 1. The molecule has 122 valence electrons. The summed E-state index contributed by atoms with van der Waals surface area (Å²) in [5, 5.41) is 8.18. The second-order valence-corrected chi connectivity index (χ2v) is 6.58. The Balaban J connectivity index is 1.97. The van der Waals surface area contributed by atoms with Crippen molar-refractivity contribution in [1.29, 1.82) is 0 Å². The lowest BCUT2D eigenvalue weighted by Gasteiger charge is -2.13. The van der Waals surface area contributed by atoms with Gasteiger partial charge < -0.3 is 10.1 Å². The van der Waals surface area contributed by atoms with Crippen LogP contribution in [-0.4, -0.2) is 22.6 Å². The molecule has 0 saturated heterocycles. The van der Waals surface area contributed by atoms with Crippen molar-refractivity contribution in [3.63, 3.8) is 0 Å². The van der Waals surface area contributed by atoms with Gasteiger partial charge in [-0.15, -0.1) is 11.3 Å². The Bertz CT molecular complexity index is 657. The third-order valence-corrected chi connectivity index (χ3v) is 3.86. The largest absolute Gasteiger partial charge is 0.493 e. The number of amides is 1. The second kappa shape index (κ2) is 8.59. The molecule has 2 aromatic rings. The summed E-state index contributed by atoms with van der Waals surface area (Å²) < 4.78 is 5.72. The summed E-state index contributed by atoms with van der Waals surface area (Å²) >= 11 is 6.53. The van der Waals surface area contributed by atoms with Gasteiger partial charge in [-0.1, -0.05) is 26.0 Å². The third kappa shape index (κ3) is 5.61. The van der Waals surface area contributed by atoms with Crippen LogP contribution in [-0.2, 0) is 0 Å². The van der Waals surface area contributed by atoms with Crippen molar-refractivity contribution in [2.75, 3.05) is 11.9 Å². The minimum absolute atomic E-state index is 0.210. The van der Waals surface area contributed by atoms with E-state index in [9.17, 15) is 4.79 Å². The molecular formula is C16H19N3O2S2. The molecule has 2 N–H and O–H groups in total. The maximum absolute atomic E-state index is 12.4. The molecule has 1 heterocycles. The number of aromatic nitrogens is 1. The molecule has 0 saturated carbocycles. The average Bonchev–Trinajstić information content (AvgIpc) is 3.00. The molecule has 1 amide bonds. The van der Waals surface area contributed by atoms with E-state index < -0.39 is 0 Å². The molecule has 0 spiro atoms. The van der Waals surface area contributed by atoms with Gasteiger partial charge in [-0.3, -0.25) is 10.1 Å². The van der Waals surface area contributed by atoms with Gasteiger partial charge in [0, 0.05) is 11.6 Å². The standard InChI is InChI=1S/C16H19N3O2S2/c1-11(2)7-9-21-13-6-4-3-5-12(13)14(20)18-15(22)19-16-17-8-10-23-16/h3-6,8,10-11H,7,9H2,1-2H3,(H2,17,18,19,20,22). The fourth-order valence-corrected chi connectivity index (χ4v) is 2.56. The van der Waals surface area contributed by atoms with Crippen LogP contribution in [0.4, 0.5) is 5.13 Å². The first kappa shape index (κ1) is 17.4. The molecule has 23 heavy (non-hydrogen) atoms. The van der Waals surface area contributed by atoms with E-state index in [0.29, 0.717) is 29.0 Å². The van der Waals surface area contributed by atoms with E-state index >= 15 is 0 Å². The van der Waals surface area contributed by atoms with Gasteiger partial charge in [0.2, 0.25) is 0 Å². The van der Waals surface area contributed by atoms with Gasteiger partial charge in [0.15, 0.2) is 10.2 Å². The summed E-state index contributed by atoms with van der Waals surface area (Å²) in [5.74, 6) is 0.799. The summed E-state index contributed by atoms with van der Waals surface area (Å²) in [6.07, 6.45) is 2.59. The summed E-state index contributed by atoms with van der Waals surface area (Å²) in [6.45, 7) is 4.83. The van der Waals surface area contributed by atoms with Crippen LogP contribution >= 0.6 is 23.6 Å². The topological polar surface area (TPSA) is 63.2 Å². The van der Waals surface area contributed by atoms with Crippen molar-refractivity contribution in [3.8, 4) is 5.75 Å². The molecule has 0 atom stereocenters. The Hall–Kier alpha value is -1.99. The molecule has 2 rings (SSSR count). The Morgan fingerprint density at radius 2 is 2.17 bits per heavy atom. The minimum atomic E-state index is -0.306. The molecule has 0 aliphatic rings. The van der Waals surface area contributed by atoms with Crippen LogP contribution in [0.25, 0.3) is 0 Å². The molecule has 0 aliphatic carbocycles. The van der Waals surface area contributed by atoms with Crippen LogP contribution in [0.1, 0.15) is 30.6 Å². The summed E-state index contributed by atoms with van der Waals surface area (Å²) in [6, 6.07) is 7.13. The highest BCUT2D eigenvalue weighted by Gasteiger charge is 2.14. The van der Waals surface area contributed by atoms with Crippen molar-refractivity contribution in [2.45, 2.75) is 20.3 Å². The monoisotopic (exact) mass is 349 g/mol. The molecule has 1 aromatic heterocycles. The average molecular weight is 349 g/mol. The van der Waals surface area contributed by atoms with E-state index in [0.717, 1.165) is 6.42 Å². The number of hydrogen-bond donors (Lipinski definition) is 2. The number of nitrogens with one attached hydrogen (secondary N) is 2. The predicted octanol–water partition coefficient (Wildman–Crippen LogP) is 3.69. The SMILES string of the molecule is CC(C)CCOc1ccccc1C(=O)NC(=S)Nc1nccs1. The highest BCUT2D eigenvalue weighted by molar-refractivity contribution is 7.80. The van der Waals surface area contributed by atoms with Gasteiger partial charge in [0.05, 0.1) is 12.2 Å². The summed E-state index contributed by atoms with van der Waals surface area (Å²) in [7, 11) is 0. The van der Waals surface area contributed by atoms with Gasteiger partial charge in [0.25, 0.3) is 5.91 Å². The molecule has 1 aromatic carbocycles. The fourth-order valence-electron chi connectivity index (χ4n) is 1.77. The van der Waals surface area contributed by atoms with E-state index in [2.05, 4.69) is 29.5 Å². The quantitative estimate of drug-likeness (QED) is 0.779. The first-order chi connectivity index (χ1) is 11.1. The summed E-state index contributed by atoms with van der Waals surface area (Å²) in [5.41, 5.74) is 0.458. The smallest absolute Gasteiger partial charge is 0.261 e. The zero-order valence-electron chi connectivity index (χ0n) is 13.0. The Morgan fingerprint density at radius 1 is 1.39 bits per heavy atom. The van der Waals surface area contributed by atoms with Crippen LogP contribution in [0.5, 0.6) is 5.75 Å². The van der Waals surface area contributed by atoms with E-state index in [1.807, 2.05) is 11.4 Å². The molecule has 7 heteroatoms. The second-order valence-electron chi connectivity index (χ2n) is 5.27. The lowest BCUT2D eigenvalue weighted by molar-refractivity contribution is 0.0973. The van der Waals surface area contributed by atoms with Crippen molar-refractivity contribution >= 4 is 39.7 Å². The maximum Gasteiger partial charge on any atom is 0.261 e. The molecule has 0 bridgehead atoms. The van der Waals surface area contributed by atoms with Crippen LogP contribution in [0, 0.1) is 5.92 Å². The zero-order valence-corrected chi connectivity index (χ0v) is 14.7. The van der Waals surface area contributed by atoms with Crippen LogP contribution < -0.4 is 15.4 Å². The van der Waals surface area contributed by atoms with E-state index in [4.69, 9.17) is 17.0 Å². The predicted molar refractivity (Wildman–Crippen MR) is 97.2 cm³/mol. The highest BCUT2D eigenvalue weighted by atomic mass is 32.1. The van der Waals surface area contributed by atoms with Crippen LogP contribution in [0.3, 0.4) is 0 Å². The number of rotatable bonds is 6. The number of anilines is 1. The Labute approximate surface area is 145 Å². The summed E-state index contributed by atoms with van der Waals surface area (Å²) in [4.78, 5) is 16.4. The number of nitrogens with zero attached hydrogens (tertiary/aromatic N) is 1. The number of ether oxygens (including phenoxy) is 1. The molecule has 0 aliphatic heterocycles. The van der Waals surface area contributed by atoms with Gasteiger partial charge in [-0.2, -0.15) is 0 Å². The van der Waals surface area contributed by atoms with Crippen molar-refractivity contribution in [1.82, 2.24) is 10.3 Å². The lowest BCUT2D eigenvalue weighted by Crippen LogP contribution is -2.34. The molecule has 5 nitrogen and oxygen atoms in total. The molecule has 0 radical (unpaired) electrons. The van der Waals surface area contributed by atoms with Crippen LogP contribution in [0.15, 0.2) is 35.8 Å². The molecular weight excluding hydrogens is 330 g/mol. The number of para-hydroxylation sites is 1. The van der Waals surface area contributed by atoms with Crippen LogP contribution in [0.2, 0.25) is 0 Å². The zero-order chi connectivity index (χ0) is 16.7. The van der Waals surface area contributed by atoms with Gasteiger partial charge in [0.1, 0.15) is 5.75 Å². The highest BCUT2D eigenvalue weighted by Crippen LogP contribution is 2.19. The molecule has 0 unspecified atom stereocenters. The van der Waals surface area contributed by atoms with Gasteiger partial charge in [-0.25, -0.2) is 4.98 Å². The van der Waals surface area contributed by atoms with E-state index in [-0.39, 0.29) is 11.0 Å². The third-order valence-electron chi connectivity index (χ3n) is 2.96. The first-order valence-corrected chi connectivity index (χ1v) is 8.58. The Kier molecular flexibility index (Phi) is 6.49. The minimum Gasteiger partial charge on any atom is -0.493 e. The van der Waals surface area contributed by atoms with Crippen molar-refractivity contribution < 1.29 is 9.53 Å². The lowest BCUT2D eigenvalue weighted by atomic mass is 10.1. The van der Waals surface area contributed by atoms with E-state index in [1.165, 1.54) is 11.3 Å². The van der Waals surface area contributed by atoms with Crippen molar-refractivity contribution in [3.05, 3.63) is 41.4 Å². The number of carbonyl (C=O) groups is 1. The molecule has 0 fully saturated rings.